The average molecular weight is 567 g/mol. The SMILES string of the molecule is Cc1c(C(=O)N2C[C@H]3OCCN(C(=O)c4ccc(F)c(F)c4CSc4ccccc4)[C@H]3C2)ccc2c1OCCO2. The third kappa shape index (κ3) is 4.90. The van der Waals surface area contributed by atoms with Crippen molar-refractivity contribution in [2.75, 3.05) is 39.5 Å². The number of carbonyl (C=O) groups excluding carboxylic acids is 2. The van der Waals surface area contributed by atoms with Gasteiger partial charge in [-0.3, -0.25) is 9.59 Å². The Bertz CT molecular complexity index is 1450. The molecule has 7 nitrogen and oxygen atoms in total. The molecule has 0 bridgehead atoms. The first kappa shape index (κ1) is 26.6. The smallest absolute Gasteiger partial charge is 0.254 e. The molecule has 0 aliphatic carbocycles. The van der Waals surface area contributed by atoms with Crippen LogP contribution in [0.4, 0.5) is 8.78 Å². The van der Waals surface area contributed by atoms with Crippen LogP contribution in [0.25, 0.3) is 0 Å². The van der Waals surface area contributed by atoms with Crippen molar-refractivity contribution in [3.05, 3.63) is 88.5 Å². The Morgan fingerprint density at radius 2 is 1.70 bits per heavy atom. The van der Waals surface area contributed by atoms with Crippen molar-refractivity contribution in [1.29, 1.82) is 0 Å². The molecule has 2 amide bonds. The summed E-state index contributed by atoms with van der Waals surface area (Å²) in [6.45, 7) is 3.86. The highest BCUT2D eigenvalue weighted by molar-refractivity contribution is 7.98. The maximum Gasteiger partial charge on any atom is 0.254 e. The van der Waals surface area contributed by atoms with E-state index in [0.29, 0.717) is 42.4 Å². The largest absolute Gasteiger partial charge is 0.486 e. The first-order chi connectivity index (χ1) is 19.4. The zero-order valence-electron chi connectivity index (χ0n) is 21.9. The molecule has 2 fully saturated rings. The fourth-order valence-electron chi connectivity index (χ4n) is 5.52. The number of thioether (sulfide) groups is 1. The maximum absolute atomic E-state index is 15.0. The lowest BCUT2D eigenvalue weighted by Crippen LogP contribution is -2.53. The molecular weight excluding hydrogens is 538 g/mol. The van der Waals surface area contributed by atoms with Crippen LogP contribution in [-0.4, -0.2) is 73.2 Å². The Morgan fingerprint density at radius 3 is 2.52 bits per heavy atom. The number of amides is 2. The zero-order chi connectivity index (χ0) is 27.8. The third-order valence-electron chi connectivity index (χ3n) is 7.59. The van der Waals surface area contributed by atoms with Gasteiger partial charge in [-0.05, 0) is 43.3 Å². The van der Waals surface area contributed by atoms with Gasteiger partial charge in [-0.25, -0.2) is 8.78 Å². The lowest BCUT2D eigenvalue weighted by molar-refractivity contribution is -0.0369. The predicted octanol–water partition coefficient (Wildman–Crippen LogP) is 4.70. The molecule has 0 aromatic heterocycles. The van der Waals surface area contributed by atoms with Gasteiger partial charge in [0.2, 0.25) is 0 Å². The molecule has 0 spiro atoms. The molecule has 10 heteroatoms. The molecule has 3 aromatic rings. The summed E-state index contributed by atoms with van der Waals surface area (Å²) in [7, 11) is 0. The molecule has 2 saturated heterocycles. The van der Waals surface area contributed by atoms with E-state index in [0.717, 1.165) is 11.0 Å². The van der Waals surface area contributed by atoms with Crippen LogP contribution in [0.2, 0.25) is 0 Å². The molecule has 2 atom stereocenters. The first-order valence-electron chi connectivity index (χ1n) is 13.2. The minimum absolute atomic E-state index is 0.0275. The van der Waals surface area contributed by atoms with Crippen LogP contribution in [0.5, 0.6) is 11.5 Å². The fourth-order valence-corrected chi connectivity index (χ4v) is 6.47. The fraction of sp³-hybridized carbons (Fsp3) is 0.333. The van der Waals surface area contributed by atoms with Gasteiger partial charge >= 0.3 is 0 Å². The molecule has 208 valence electrons. The van der Waals surface area contributed by atoms with E-state index >= 15 is 4.39 Å². The number of likely N-dealkylation sites (tertiary alicyclic amines) is 1. The van der Waals surface area contributed by atoms with Crippen molar-refractivity contribution >= 4 is 23.6 Å². The van der Waals surface area contributed by atoms with Gasteiger partial charge in [-0.1, -0.05) is 18.2 Å². The number of benzene rings is 3. The quantitative estimate of drug-likeness (QED) is 0.417. The Hall–Kier alpha value is -3.63. The van der Waals surface area contributed by atoms with E-state index < -0.39 is 23.6 Å². The summed E-state index contributed by atoms with van der Waals surface area (Å²) >= 11 is 1.33. The standard InChI is InChI=1S/C30H28F2N2O5S/c1-18-20(8-10-25-28(18)39-14-13-38-25)29(35)33-15-24-26(16-33)37-12-11-34(24)30(36)21-7-9-23(31)27(32)22(21)17-40-19-5-3-2-4-6-19/h2-10,24,26H,11-17H2,1H3/t24-,26+/m0/s1. The minimum atomic E-state index is -1.02. The Balaban J connectivity index is 1.23. The van der Waals surface area contributed by atoms with E-state index in [9.17, 15) is 14.0 Å². The predicted molar refractivity (Wildman–Crippen MR) is 145 cm³/mol. The number of halogens is 2. The summed E-state index contributed by atoms with van der Waals surface area (Å²) in [5.74, 6) is -1.31. The molecule has 3 aromatic carbocycles. The van der Waals surface area contributed by atoms with Gasteiger partial charge in [-0.15, -0.1) is 11.8 Å². The first-order valence-corrected chi connectivity index (χ1v) is 14.2. The van der Waals surface area contributed by atoms with Gasteiger partial charge in [0, 0.05) is 52.5 Å². The number of hydrogen-bond donors (Lipinski definition) is 0. The van der Waals surface area contributed by atoms with Crippen molar-refractivity contribution in [3.63, 3.8) is 0 Å². The van der Waals surface area contributed by atoms with Gasteiger partial charge in [0.15, 0.2) is 23.1 Å². The van der Waals surface area contributed by atoms with E-state index in [-0.39, 0.29) is 48.6 Å². The van der Waals surface area contributed by atoms with Gasteiger partial charge < -0.3 is 24.0 Å². The normalized spacial score (nSPS) is 19.9. The van der Waals surface area contributed by atoms with Crippen molar-refractivity contribution in [2.45, 2.75) is 29.7 Å². The molecule has 0 unspecified atom stereocenters. The van der Waals surface area contributed by atoms with Crippen LogP contribution < -0.4 is 9.47 Å². The topological polar surface area (TPSA) is 68.3 Å². The van der Waals surface area contributed by atoms with Gasteiger partial charge in [0.25, 0.3) is 11.8 Å². The van der Waals surface area contributed by atoms with Crippen molar-refractivity contribution in [2.24, 2.45) is 0 Å². The summed E-state index contributed by atoms with van der Waals surface area (Å²) in [5.41, 5.74) is 1.35. The van der Waals surface area contributed by atoms with E-state index in [1.807, 2.05) is 37.3 Å². The number of fused-ring (bicyclic) bond motifs is 2. The van der Waals surface area contributed by atoms with Crippen LogP contribution in [0.3, 0.4) is 0 Å². The van der Waals surface area contributed by atoms with E-state index in [2.05, 4.69) is 0 Å². The number of carbonyl (C=O) groups is 2. The minimum Gasteiger partial charge on any atom is -0.486 e. The van der Waals surface area contributed by atoms with E-state index in [4.69, 9.17) is 14.2 Å². The lowest BCUT2D eigenvalue weighted by atomic mass is 10.0. The summed E-state index contributed by atoms with van der Waals surface area (Å²) in [4.78, 5) is 31.6. The lowest BCUT2D eigenvalue weighted by Gasteiger charge is -2.37. The Kier molecular flexibility index (Phi) is 7.37. The molecular formula is C30H28F2N2O5S. The molecule has 3 heterocycles. The number of morpholine rings is 1. The number of rotatable bonds is 5. The van der Waals surface area contributed by atoms with Crippen molar-refractivity contribution in [3.8, 4) is 11.5 Å². The van der Waals surface area contributed by atoms with E-state index in [1.165, 1.54) is 17.8 Å². The summed E-state index contributed by atoms with van der Waals surface area (Å²) in [5, 5.41) is 0. The van der Waals surface area contributed by atoms with Crippen LogP contribution in [-0.2, 0) is 10.5 Å². The summed E-state index contributed by atoms with van der Waals surface area (Å²) in [6.07, 6.45) is -0.383. The third-order valence-corrected chi connectivity index (χ3v) is 8.63. The highest BCUT2D eigenvalue weighted by Crippen LogP contribution is 2.37. The van der Waals surface area contributed by atoms with Crippen molar-refractivity contribution in [1.82, 2.24) is 9.80 Å². The van der Waals surface area contributed by atoms with Crippen molar-refractivity contribution < 1.29 is 32.6 Å². The van der Waals surface area contributed by atoms with Gasteiger partial charge in [0.1, 0.15) is 13.2 Å². The maximum atomic E-state index is 15.0. The van der Waals surface area contributed by atoms with Gasteiger partial charge in [-0.2, -0.15) is 0 Å². The number of nitrogens with zero attached hydrogens (tertiary/aromatic N) is 2. The second kappa shape index (κ2) is 11.1. The molecule has 3 aliphatic heterocycles. The molecule has 40 heavy (non-hydrogen) atoms. The van der Waals surface area contributed by atoms with Crippen LogP contribution in [0.1, 0.15) is 31.8 Å². The molecule has 0 saturated carbocycles. The monoisotopic (exact) mass is 566 g/mol. The van der Waals surface area contributed by atoms with Crippen LogP contribution in [0, 0.1) is 18.6 Å². The summed E-state index contributed by atoms with van der Waals surface area (Å²) < 4.78 is 46.6. The molecule has 0 radical (unpaired) electrons. The number of hydrogen-bond acceptors (Lipinski definition) is 6. The number of ether oxygens (including phenoxy) is 3. The Labute approximate surface area is 235 Å². The molecule has 6 rings (SSSR count). The highest BCUT2D eigenvalue weighted by Gasteiger charge is 2.44. The van der Waals surface area contributed by atoms with Crippen LogP contribution >= 0.6 is 11.8 Å². The molecule has 0 N–H and O–H groups in total. The Morgan fingerprint density at radius 1 is 0.925 bits per heavy atom. The highest BCUT2D eigenvalue weighted by atomic mass is 32.2. The second-order valence-electron chi connectivity index (χ2n) is 9.94. The van der Waals surface area contributed by atoms with E-state index in [1.54, 1.807) is 21.9 Å². The zero-order valence-corrected chi connectivity index (χ0v) is 22.7. The second-order valence-corrected chi connectivity index (χ2v) is 11.0. The molecule has 3 aliphatic rings. The summed E-state index contributed by atoms with van der Waals surface area (Å²) in [6, 6.07) is 14.8. The van der Waals surface area contributed by atoms with Crippen LogP contribution in [0.15, 0.2) is 59.5 Å². The average Bonchev–Trinajstić information content (AvgIpc) is 3.43. The van der Waals surface area contributed by atoms with Gasteiger partial charge in [0.05, 0.1) is 18.8 Å².